The number of rotatable bonds is 8. The minimum atomic E-state index is -2.56. The van der Waals surface area contributed by atoms with Crippen LogP contribution in [0.3, 0.4) is 0 Å². The SMILES string of the molecule is CCCCO[Si](CC12OC1O2)(OC)OC. The Labute approximate surface area is 91.0 Å². The van der Waals surface area contributed by atoms with Crippen molar-refractivity contribution < 1.29 is 22.8 Å². The highest BCUT2D eigenvalue weighted by Crippen LogP contribution is 2.60. The first kappa shape index (κ1) is 11.5. The van der Waals surface area contributed by atoms with E-state index in [2.05, 4.69) is 6.92 Å². The molecule has 0 atom stereocenters. The zero-order valence-electron chi connectivity index (χ0n) is 9.45. The minimum absolute atomic E-state index is 0.0237. The van der Waals surface area contributed by atoms with E-state index in [0.29, 0.717) is 12.7 Å². The molecule has 0 saturated carbocycles. The second-order valence-electron chi connectivity index (χ2n) is 3.85. The van der Waals surface area contributed by atoms with E-state index < -0.39 is 14.6 Å². The van der Waals surface area contributed by atoms with E-state index >= 15 is 0 Å². The van der Waals surface area contributed by atoms with Crippen LogP contribution in [-0.2, 0) is 22.8 Å². The maximum absolute atomic E-state index is 5.75. The van der Waals surface area contributed by atoms with Gasteiger partial charge in [0.15, 0.2) is 0 Å². The van der Waals surface area contributed by atoms with Gasteiger partial charge in [0.05, 0.1) is 6.04 Å². The Kier molecular flexibility index (Phi) is 3.16. The first-order valence-electron chi connectivity index (χ1n) is 5.30. The Hall–Kier alpha value is 0.0169. The van der Waals surface area contributed by atoms with Crippen LogP contribution in [0.4, 0.5) is 0 Å². The molecule has 0 radical (unpaired) electrons. The Morgan fingerprint density at radius 3 is 2.27 bits per heavy atom. The summed E-state index contributed by atoms with van der Waals surface area (Å²) in [7, 11) is 0.684. The van der Waals surface area contributed by atoms with Gasteiger partial charge in [-0.3, -0.25) is 0 Å². The molecule has 0 N–H and O–H groups in total. The van der Waals surface area contributed by atoms with Crippen molar-refractivity contribution in [1.29, 1.82) is 0 Å². The van der Waals surface area contributed by atoms with Crippen LogP contribution in [-0.4, -0.2) is 41.7 Å². The summed E-state index contributed by atoms with van der Waals surface area (Å²) >= 11 is 0. The molecular weight excluding hydrogens is 216 g/mol. The van der Waals surface area contributed by atoms with Crippen molar-refractivity contribution in [2.75, 3.05) is 20.8 Å². The largest absolute Gasteiger partial charge is 0.506 e. The number of epoxide rings is 2. The molecule has 2 saturated heterocycles. The van der Waals surface area contributed by atoms with Crippen LogP contribution in [0.25, 0.3) is 0 Å². The van der Waals surface area contributed by atoms with E-state index in [0.717, 1.165) is 12.8 Å². The average Bonchev–Trinajstić information content (AvgIpc) is 3.06. The molecule has 0 unspecified atom stereocenters. The Morgan fingerprint density at radius 1 is 1.27 bits per heavy atom. The maximum Gasteiger partial charge on any atom is 0.506 e. The first-order chi connectivity index (χ1) is 7.20. The zero-order chi connectivity index (χ0) is 10.9. The van der Waals surface area contributed by atoms with E-state index in [1.54, 1.807) is 14.2 Å². The third-order valence-corrected chi connectivity index (χ3v) is 5.58. The van der Waals surface area contributed by atoms with E-state index in [-0.39, 0.29) is 6.29 Å². The summed E-state index contributed by atoms with van der Waals surface area (Å²) in [4.78, 5) is 0. The number of ether oxygens (including phenoxy) is 2. The lowest BCUT2D eigenvalue weighted by Crippen LogP contribution is -2.46. The maximum atomic E-state index is 5.75. The summed E-state index contributed by atoms with van der Waals surface area (Å²) in [6.45, 7) is 2.79. The summed E-state index contributed by atoms with van der Waals surface area (Å²) in [6.07, 6.45) is 2.09. The Morgan fingerprint density at radius 2 is 1.87 bits per heavy atom. The van der Waals surface area contributed by atoms with Crippen molar-refractivity contribution in [2.24, 2.45) is 0 Å². The molecule has 0 aromatic rings. The lowest BCUT2D eigenvalue weighted by molar-refractivity contribution is -0.0498. The predicted octanol–water partition coefficient (Wildman–Crippen LogP) is 1.12. The molecule has 6 heteroatoms. The lowest BCUT2D eigenvalue weighted by atomic mass is 10.4. The van der Waals surface area contributed by atoms with Gasteiger partial charge in [-0.15, -0.1) is 0 Å². The highest BCUT2D eigenvalue weighted by Gasteiger charge is 2.80. The summed E-state index contributed by atoms with van der Waals surface area (Å²) in [6, 6.07) is 0.599. The van der Waals surface area contributed by atoms with Gasteiger partial charge in [0.1, 0.15) is 0 Å². The van der Waals surface area contributed by atoms with Gasteiger partial charge >= 0.3 is 8.80 Å². The summed E-state index contributed by atoms with van der Waals surface area (Å²) in [5.41, 5.74) is 0. The molecule has 2 aliphatic rings. The first-order valence-corrected chi connectivity index (χ1v) is 7.23. The van der Waals surface area contributed by atoms with E-state index in [4.69, 9.17) is 22.8 Å². The molecule has 2 heterocycles. The molecule has 88 valence electrons. The Balaban J connectivity index is 1.83. The third kappa shape index (κ3) is 2.25. The normalized spacial score (nSPS) is 32.6. The second-order valence-corrected chi connectivity index (χ2v) is 6.67. The Bertz CT molecular complexity index is 225. The van der Waals surface area contributed by atoms with Crippen molar-refractivity contribution >= 4 is 8.80 Å². The number of fused-ring (bicyclic) bond motifs is 1. The predicted molar refractivity (Wildman–Crippen MR) is 54.1 cm³/mol. The standard InChI is InChI=1S/C9H18O5Si/c1-4-5-6-12-15(10-2,11-3)7-9-8(13-9)14-9/h8H,4-7H2,1-3H3. The van der Waals surface area contributed by atoms with Gasteiger partial charge in [0.2, 0.25) is 12.1 Å². The fourth-order valence-corrected chi connectivity index (χ4v) is 3.73. The van der Waals surface area contributed by atoms with Gasteiger partial charge < -0.3 is 22.8 Å². The molecule has 0 bridgehead atoms. The minimum Gasteiger partial charge on any atom is -0.377 e. The van der Waals surface area contributed by atoms with Crippen LogP contribution in [0, 0.1) is 0 Å². The van der Waals surface area contributed by atoms with Crippen LogP contribution >= 0.6 is 0 Å². The second kappa shape index (κ2) is 4.12. The summed E-state index contributed by atoms with van der Waals surface area (Å²) < 4.78 is 27.0. The van der Waals surface area contributed by atoms with Crippen LogP contribution in [0.1, 0.15) is 19.8 Å². The van der Waals surface area contributed by atoms with Gasteiger partial charge in [-0.1, -0.05) is 13.3 Å². The highest BCUT2D eigenvalue weighted by atomic mass is 28.4. The number of hydrogen-bond acceptors (Lipinski definition) is 5. The van der Waals surface area contributed by atoms with Gasteiger partial charge in [0.25, 0.3) is 0 Å². The van der Waals surface area contributed by atoms with Gasteiger partial charge in [-0.05, 0) is 6.42 Å². The van der Waals surface area contributed by atoms with Crippen molar-refractivity contribution in [3.05, 3.63) is 0 Å². The van der Waals surface area contributed by atoms with Crippen LogP contribution < -0.4 is 0 Å². The van der Waals surface area contributed by atoms with E-state index in [9.17, 15) is 0 Å². The molecular formula is C9H18O5Si. The topological polar surface area (TPSA) is 52.8 Å². The summed E-state index contributed by atoms with van der Waals surface area (Å²) in [5, 5.41) is 0. The molecule has 0 aromatic heterocycles. The molecule has 2 aliphatic heterocycles. The average molecular weight is 234 g/mol. The zero-order valence-corrected chi connectivity index (χ0v) is 10.4. The fourth-order valence-electron chi connectivity index (χ4n) is 1.54. The van der Waals surface area contributed by atoms with Crippen LogP contribution in [0.15, 0.2) is 0 Å². The number of unbranched alkanes of at least 4 members (excludes halogenated alkanes) is 1. The van der Waals surface area contributed by atoms with Crippen LogP contribution in [0.5, 0.6) is 0 Å². The fraction of sp³-hybridized carbons (Fsp3) is 1.00. The van der Waals surface area contributed by atoms with Gasteiger partial charge in [-0.25, -0.2) is 0 Å². The lowest BCUT2D eigenvalue weighted by Gasteiger charge is -2.26. The van der Waals surface area contributed by atoms with Crippen molar-refractivity contribution in [2.45, 2.75) is 37.9 Å². The third-order valence-electron chi connectivity index (χ3n) is 2.76. The highest BCUT2D eigenvalue weighted by molar-refractivity contribution is 6.61. The van der Waals surface area contributed by atoms with E-state index in [1.807, 2.05) is 0 Å². The van der Waals surface area contributed by atoms with E-state index in [1.165, 1.54) is 0 Å². The van der Waals surface area contributed by atoms with Crippen LogP contribution in [0.2, 0.25) is 6.04 Å². The molecule has 5 nitrogen and oxygen atoms in total. The number of hydrogen-bond donors (Lipinski definition) is 0. The monoisotopic (exact) mass is 234 g/mol. The van der Waals surface area contributed by atoms with Crippen molar-refractivity contribution in [3.63, 3.8) is 0 Å². The van der Waals surface area contributed by atoms with Gasteiger partial charge in [0, 0.05) is 20.8 Å². The van der Waals surface area contributed by atoms with Crippen molar-refractivity contribution in [1.82, 2.24) is 0 Å². The molecule has 0 aliphatic carbocycles. The molecule has 2 rings (SSSR count). The summed E-state index contributed by atoms with van der Waals surface area (Å²) in [5.74, 6) is -0.412. The smallest absolute Gasteiger partial charge is 0.377 e. The molecule has 2 fully saturated rings. The van der Waals surface area contributed by atoms with Crippen molar-refractivity contribution in [3.8, 4) is 0 Å². The molecule has 15 heavy (non-hydrogen) atoms. The van der Waals surface area contributed by atoms with Gasteiger partial charge in [-0.2, -0.15) is 0 Å². The molecule has 0 spiro atoms. The quantitative estimate of drug-likeness (QED) is 0.358. The molecule has 0 amide bonds. The molecule has 0 aromatic carbocycles.